The van der Waals surface area contributed by atoms with E-state index in [9.17, 15) is 9.18 Å². The van der Waals surface area contributed by atoms with Crippen LogP contribution < -0.4 is 15.1 Å². The molecule has 20 heavy (non-hydrogen) atoms. The molecule has 1 heterocycles. The molecule has 4 nitrogen and oxygen atoms in total. The lowest BCUT2D eigenvalue weighted by Crippen LogP contribution is -3.28. The van der Waals surface area contributed by atoms with Gasteiger partial charge in [0, 0.05) is 5.69 Å². The van der Waals surface area contributed by atoms with Crippen LogP contribution in [0.5, 0.6) is 0 Å². The van der Waals surface area contributed by atoms with Gasteiger partial charge in [0.15, 0.2) is 6.54 Å². The first kappa shape index (κ1) is 14.9. The minimum atomic E-state index is -0.321. The Hall–Kier alpha value is -1.46. The first-order chi connectivity index (χ1) is 9.58. The molecule has 0 atom stereocenters. The number of likely N-dealkylation sites (N-methyl/N-ethyl adjacent to an activating group) is 1. The van der Waals surface area contributed by atoms with Crippen molar-refractivity contribution in [2.24, 2.45) is 0 Å². The Morgan fingerprint density at radius 3 is 2.55 bits per heavy atom. The maximum absolute atomic E-state index is 13.2. The van der Waals surface area contributed by atoms with E-state index in [1.807, 2.05) is 6.92 Å². The molecule has 0 unspecified atom stereocenters. The topological polar surface area (TPSA) is 38.0 Å². The number of hydrogen-bond acceptors (Lipinski definition) is 1. The molecule has 1 aromatic rings. The highest BCUT2D eigenvalue weighted by Gasteiger charge is 2.23. The zero-order valence-corrected chi connectivity index (χ0v) is 12.3. The quantitative estimate of drug-likeness (QED) is 0.642. The molecule has 0 spiro atoms. The predicted molar refractivity (Wildman–Crippen MR) is 76.6 cm³/mol. The second-order valence-electron chi connectivity index (χ2n) is 5.54. The molecule has 1 saturated heterocycles. The smallest absolute Gasteiger partial charge is 0.279 e. The fraction of sp³-hybridized carbons (Fsp3) is 0.533. The molecule has 1 aliphatic rings. The van der Waals surface area contributed by atoms with Gasteiger partial charge in [-0.3, -0.25) is 4.79 Å². The van der Waals surface area contributed by atoms with Gasteiger partial charge in [0.05, 0.1) is 6.54 Å². The van der Waals surface area contributed by atoms with Gasteiger partial charge in [-0.15, -0.1) is 0 Å². The van der Waals surface area contributed by atoms with E-state index in [0.29, 0.717) is 12.2 Å². The van der Waals surface area contributed by atoms with Gasteiger partial charge in [-0.25, -0.2) is 4.39 Å². The van der Waals surface area contributed by atoms with Gasteiger partial charge in [0.2, 0.25) is 0 Å². The van der Waals surface area contributed by atoms with Crippen molar-refractivity contribution < 1.29 is 19.0 Å². The van der Waals surface area contributed by atoms with Gasteiger partial charge in [-0.05, 0) is 31.5 Å². The zero-order chi connectivity index (χ0) is 14.5. The van der Waals surface area contributed by atoms with Crippen molar-refractivity contribution in [3.63, 3.8) is 0 Å². The van der Waals surface area contributed by atoms with Gasteiger partial charge in [-0.2, -0.15) is 0 Å². The van der Waals surface area contributed by atoms with Crippen molar-refractivity contribution in [3.05, 3.63) is 29.6 Å². The summed E-state index contributed by atoms with van der Waals surface area (Å²) in [6.45, 7) is 9.98. The SMILES string of the molecule is CC[NH+]1CC[NH+](CC(=O)Nc2cc(F)ccc2C)CC1. The van der Waals surface area contributed by atoms with Crippen LogP contribution in [0.3, 0.4) is 0 Å². The normalized spacial score (nSPS) is 22.6. The summed E-state index contributed by atoms with van der Waals surface area (Å²) < 4.78 is 13.2. The Morgan fingerprint density at radius 2 is 1.90 bits per heavy atom. The lowest BCUT2D eigenvalue weighted by Gasteiger charge is -2.28. The molecule has 5 heteroatoms. The monoisotopic (exact) mass is 281 g/mol. The van der Waals surface area contributed by atoms with Crippen LogP contribution in [0.4, 0.5) is 10.1 Å². The summed E-state index contributed by atoms with van der Waals surface area (Å²) in [6, 6.07) is 4.46. The van der Waals surface area contributed by atoms with Gasteiger partial charge in [0.25, 0.3) is 5.91 Å². The summed E-state index contributed by atoms with van der Waals surface area (Å²) in [5, 5.41) is 2.82. The maximum Gasteiger partial charge on any atom is 0.279 e. The molecular weight excluding hydrogens is 257 g/mol. The Balaban J connectivity index is 1.85. The van der Waals surface area contributed by atoms with Gasteiger partial charge >= 0.3 is 0 Å². The first-order valence-corrected chi connectivity index (χ1v) is 7.31. The fourth-order valence-corrected chi connectivity index (χ4v) is 2.64. The van der Waals surface area contributed by atoms with Gasteiger partial charge in [0.1, 0.15) is 32.0 Å². The highest BCUT2D eigenvalue weighted by atomic mass is 19.1. The Labute approximate surface area is 119 Å². The Kier molecular flexibility index (Phi) is 5.09. The third-order valence-corrected chi connectivity index (χ3v) is 4.05. The third kappa shape index (κ3) is 4.02. The molecule has 0 radical (unpaired) electrons. The number of aryl methyl sites for hydroxylation is 1. The Bertz CT molecular complexity index is 470. The molecule has 1 fully saturated rings. The number of piperazine rings is 1. The standard InChI is InChI=1S/C15H22FN3O/c1-3-18-6-8-19(9-7-18)11-15(20)17-14-10-13(16)5-4-12(14)2/h4-5,10H,3,6-9,11H2,1-2H3,(H,17,20)/p+2. The number of anilines is 1. The Morgan fingerprint density at radius 1 is 1.25 bits per heavy atom. The molecule has 2 rings (SSSR count). The number of halogens is 1. The van der Waals surface area contributed by atoms with E-state index < -0.39 is 0 Å². The highest BCUT2D eigenvalue weighted by Crippen LogP contribution is 2.15. The second-order valence-corrected chi connectivity index (χ2v) is 5.54. The van der Waals surface area contributed by atoms with Crippen LogP contribution in [0.25, 0.3) is 0 Å². The number of nitrogens with one attached hydrogen (secondary N) is 3. The van der Waals surface area contributed by atoms with E-state index in [1.54, 1.807) is 11.0 Å². The summed E-state index contributed by atoms with van der Waals surface area (Å²) in [4.78, 5) is 15.0. The molecule has 1 aliphatic heterocycles. The van der Waals surface area contributed by atoms with Crippen molar-refractivity contribution in [2.45, 2.75) is 13.8 Å². The van der Waals surface area contributed by atoms with Crippen LogP contribution in [-0.2, 0) is 4.79 Å². The summed E-state index contributed by atoms with van der Waals surface area (Å²) in [7, 11) is 0. The number of quaternary nitrogens is 2. The molecular formula is C15H24FN3O+2. The lowest BCUT2D eigenvalue weighted by molar-refractivity contribution is -1.01. The molecule has 110 valence electrons. The lowest BCUT2D eigenvalue weighted by atomic mass is 10.2. The molecule has 0 aromatic heterocycles. The van der Waals surface area contributed by atoms with E-state index in [2.05, 4.69) is 12.2 Å². The van der Waals surface area contributed by atoms with E-state index >= 15 is 0 Å². The van der Waals surface area contributed by atoms with Crippen LogP contribution >= 0.6 is 0 Å². The second kappa shape index (κ2) is 6.81. The number of amides is 1. The van der Waals surface area contributed by atoms with Gasteiger partial charge < -0.3 is 15.1 Å². The van der Waals surface area contributed by atoms with Crippen LogP contribution in [0.1, 0.15) is 12.5 Å². The average molecular weight is 281 g/mol. The number of benzene rings is 1. The molecule has 0 saturated carbocycles. The first-order valence-electron chi connectivity index (χ1n) is 7.31. The van der Waals surface area contributed by atoms with E-state index in [4.69, 9.17) is 0 Å². The van der Waals surface area contributed by atoms with Crippen molar-refractivity contribution >= 4 is 11.6 Å². The number of carbonyl (C=O) groups is 1. The minimum absolute atomic E-state index is 0.0337. The molecule has 1 aromatic carbocycles. The van der Waals surface area contributed by atoms with Crippen LogP contribution in [0.2, 0.25) is 0 Å². The van der Waals surface area contributed by atoms with Crippen molar-refractivity contribution in [2.75, 3.05) is 44.6 Å². The number of carbonyl (C=O) groups excluding carboxylic acids is 1. The molecule has 0 aliphatic carbocycles. The van der Waals surface area contributed by atoms with Gasteiger partial charge in [-0.1, -0.05) is 6.07 Å². The van der Waals surface area contributed by atoms with Crippen molar-refractivity contribution in [1.82, 2.24) is 0 Å². The van der Waals surface area contributed by atoms with Crippen LogP contribution in [0.15, 0.2) is 18.2 Å². The van der Waals surface area contributed by atoms with Crippen molar-refractivity contribution in [3.8, 4) is 0 Å². The van der Waals surface area contributed by atoms with E-state index in [0.717, 1.165) is 38.3 Å². The molecule has 3 N–H and O–H groups in total. The largest absolute Gasteiger partial charge is 0.326 e. The minimum Gasteiger partial charge on any atom is -0.326 e. The van der Waals surface area contributed by atoms with E-state index in [1.165, 1.54) is 17.0 Å². The highest BCUT2D eigenvalue weighted by molar-refractivity contribution is 5.92. The van der Waals surface area contributed by atoms with Crippen LogP contribution in [0, 0.1) is 12.7 Å². The average Bonchev–Trinajstić information content (AvgIpc) is 2.43. The number of hydrogen-bond donors (Lipinski definition) is 3. The van der Waals surface area contributed by atoms with Crippen LogP contribution in [-0.4, -0.2) is 45.2 Å². The fourth-order valence-electron chi connectivity index (χ4n) is 2.64. The summed E-state index contributed by atoms with van der Waals surface area (Å²) in [5.41, 5.74) is 1.46. The number of rotatable bonds is 4. The maximum atomic E-state index is 13.2. The molecule has 1 amide bonds. The third-order valence-electron chi connectivity index (χ3n) is 4.05. The molecule has 0 bridgehead atoms. The summed E-state index contributed by atoms with van der Waals surface area (Å²) in [6.07, 6.45) is 0. The van der Waals surface area contributed by atoms with E-state index in [-0.39, 0.29) is 11.7 Å². The summed E-state index contributed by atoms with van der Waals surface area (Å²) >= 11 is 0. The zero-order valence-electron chi connectivity index (χ0n) is 12.3. The summed E-state index contributed by atoms with van der Waals surface area (Å²) in [5.74, 6) is -0.355. The predicted octanol–water partition coefficient (Wildman–Crippen LogP) is -1.12. The van der Waals surface area contributed by atoms with Crippen molar-refractivity contribution in [1.29, 1.82) is 0 Å².